The number of hydrogen-bond donors (Lipinski definition) is 2. The van der Waals surface area contributed by atoms with Gasteiger partial charge in [0.1, 0.15) is 0 Å². The van der Waals surface area contributed by atoms with E-state index in [2.05, 4.69) is 5.32 Å². The van der Waals surface area contributed by atoms with Crippen molar-refractivity contribution in [2.75, 3.05) is 25.6 Å². The van der Waals surface area contributed by atoms with Crippen molar-refractivity contribution in [2.24, 2.45) is 0 Å². The molecule has 0 aliphatic heterocycles. The lowest BCUT2D eigenvalue weighted by Crippen LogP contribution is -2.24. The highest BCUT2D eigenvalue weighted by Crippen LogP contribution is 2.22. The molecular formula is C11H13ClN2O2. The van der Waals surface area contributed by atoms with Gasteiger partial charge in [-0.25, -0.2) is 0 Å². The van der Waals surface area contributed by atoms with Gasteiger partial charge in [0.25, 0.3) is 0 Å². The molecule has 0 fully saturated rings. The number of aliphatic hydroxyl groups excluding tert-OH is 1. The molecule has 0 aliphatic carbocycles. The molecule has 16 heavy (non-hydrogen) atoms. The van der Waals surface area contributed by atoms with Crippen LogP contribution in [0.25, 0.3) is 0 Å². The van der Waals surface area contributed by atoms with E-state index in [1.54, 1.807) is 18.2 Å². The first-order valence-electron chi connectivity index (χ1n) is 4.78. The summed E-state index contributed by atoms with van der Waals surface area (Å²) in [5.74, 6) is 0. The quantitative estimate of drug-likeness (QED) is 0.821. The van der Waals surface area contributed by atoms with E-state index < -0.39 is 6.10 Å². The van der Waals surface area contributed by atoms with Gasteiger partial charge in [-0.2, -0.15) is 5.26 Å². The molecule has 0 radical (unpaired) electrons. The van der Waals surface area contributed by atoms with Crippen LogP contribution in [-0.2, 0) is 4.74 Å². The molecule has 1 unspecified atom stereocenters. The SMILES string of the molecule is COCC(O)CNc1cc(C#N)ccc1Cl. The number of methoxy groups -OCH3 is 1. The molecule has 0 heterocycles. The number of benzene rings is 1. The van der Waals surface area contributed by atoms with Gasteiger partial charge in [-0.1, -0.05) is 11.6 Å². The van der Waals surface area contributed by atoms with Crippen LogP contribution in [0.5, 0.6) is 0 Å². The van der Waals surface area contributed by atoms with Crippen molar-refractivity contribution < 1.29 is 9.84 Å². The first-order chi connectivity index (χ1) is 7.67. The normalized spacial score (nSPS) is 11.9. The molecule has 1 rings (SSSR count). The lowest BCUT2D eigenvalue weighted by Gasteiger charge is -2.12. The van der Waals surface area contributed by atoms with Gasteiger partial charge in [-0.05, 0) is 18.2 Å². The van der Waals surface area contributed by atoms with Crippen LogP contribution < -0.4 is 5.32 Å². The van der Waals surface area contributed by atoms with Gasteiger partial charge >= 0.3 is 0 Å². The summed E-state index contributed by atoms with van der Waals surface area (Å²) in [5, 5.41) is 21.6. The molecule has 1 aromatic carbocycles. The molecule has 0 saturated carbocycles. The second kappa shape index (κ2) is 6.33. The average Bonchev–Trinajstić information content (AvgIpc) is 2.28. The van der Waals surface area contributed by atoms with Crippen LogP contribution in [0.1, 0.15) is 5.56 Å². The average molecular weight is 241 g/mol. The lowest BCUT2D eigenvalue weighted by molar-refractivity contribution is 0.0727. The van der Waals surface area contributed by atoms with E-state index in [0.717, 1.165) is 0 Å². The molecule has 4 nitrogen and oxygen atoms in total. The van der Waals surface area contributed by atoms with Crippen molar-refractivity contribution in [3.05, 3.63) is 28.8 Å². The van der Waals surface area contributed by atoms with Gasteiger partial charge in [0.2, 0.25) is 0 Å². The van der Waals surface area contributed by atoms with Gasteiger partial charge in [-0.3, -0.25) is 0 Å². The van der Waals surface area contributed by atoms with E-state index >= 15 is 0 Å². The largest absolute Gasteiger partial charge is 0.389 e. The monoisotopic (exact) mass is 240 g/mol. The minimum atomic E-state index is -0.605. The van der Waals surface area contributed by atoms with Crippen LogP contribution in [0.2, 0.25) is 5.02 Å². The topological polar surface area (TPSA) is 65.3 Å². The Morgan fingerprint density at radius 1 is 1.62 bits per heavy atom. The molecule has 0 saturated heterocycles. The maximum absolute atomic E-state index is 9.43. The number of aliphatic hydroxyl groups is 1. The number of hydrogen-bond acceptors (Lipinski definition) is 4. The Morgan fingerprint density at radius 2 is 2.38 bits per heavy atom. The highest BCUT2D eigenvalue weighted by Gasteiger charge is 2.05. The Balaban J connectivity index is 2.63. The fourth-order valence-electron chi connectivity index (χ4n) is 1.21. The van der Waals surface area contributed by atoms with Crippen LogP contribution in [0, 0.1) is 11.3 Å². The zero-order chi connectivity index (χ0) is 12.0. The third-order valence-corrected chi connectivity index (χ3v) is 2.31. The summed E-state index contributed by atoms with van der Waals surface area (Å²) < 4.78 is 4.79. The number of halogens is 1. The molecule has 0 aromatic heterocycles. The zero-order valence-corrected chi connectivity index (χ0v) is 9.66. The maximum atomic E-state index is 9.43. The highest BCUT2D eigenvalue weighted by atomic mass is 35.5. The van der Waals surface area contributed by atoms with Crippen molar-refractivity contribution in [1.29, 1.82) is 5.26 Å². The number of nitrogens with one attached hydrogen (secondary N) is 1. The summed E-state index contributed by atoms with van der Waals surface area (Å²) in [7, 11) is 1.52. The third kappa shape index (κ3) is 3.70. The molecule has 0 amide bonds. The smallest absolute Gasteiger partial charge is 0.0992 e. The number of ether oxygens (including phenoxy) is 1. The summed E-state index contributed by atoms with van der Waals surface area (Å²) in [4.78, 5) is 0. The fourth-order valence-corrected chi connectivity index (χ4v) is 1.39. The molecule has 0 bridgehead atoms. The molecule has 2 N–H and O–H groups in total. The van der Waals surface area contributed by atoms with Crippen LogP contribution >= 0.6 is 11.6 Å². The van der Waals surface area contributed by atoms with Crippen molar-refractivity contribution in [3.8, 4) is 6.07 Å². The van der Waals surface area contributed by atoms with Crippen molar-refractivity contribution in [2.45, 2.75) is 6.10 Å². The first-order valence-corrected chi connectivity index (χ1v) is 5.15. The van der Waals surface area contributed by atoms with Gasteiger partial charge in [-0.15, -0.1) is 0 Å². The Morgan fingerprint density at radius 3 is 3.00 bits per heavy atom. The minimum absolute atomic E-state index is 0.253. The Bertz CT molecular complexity index is 390. The number of rotatable bonds is 5. The second-order valence-electron chi connectivity index (χ2n) is 3.30. The fraction of sp³-hybridized carbons (Fsp3) is 0.364. The number of nitriles is 1. The Kier molecular flexibility index (Phi) is 5.06. The zero-order valence-electron chi connectivity index (χ0n) is 8.90. The van der Waals surface area contributed by atoms with E-state index in [4.69, 9.17) is 21.6 Å². The maximum Gasteiger partial charge on any atom is 0.0992 e. The van der Waals surface area contributed by atoms with Gasteiger partial charge in [0.05, 0.1) is 35.1 Å². The molecule has 86 valence electrons. The summed E-state index contributed by atoms with van der Waals surface area (Å²) in [6.45, 7) is 0.574. The molecule has 1 aromatic rings. The van der Waals surface area contributed by atoms with E-state index in [1.165, 1.54) is 7.11 Å². The van der Waals surface area contributed by atoms with Crippen LogP contribution in [0.3, 0.4) is 0 Å². The molecule has 1 atom stereocenters. The first kappa shape index (κ1) is 12.8. The van der Waals surface area contributed by atoms with Crippen molar-refractivity contribution in [1.82, 2.24) is 0 Å². The number of nitrogens with zero attached hydrogens (tertiary/aromatic N) is 1. The second-order valence-corrected chi connectivity index (χ2v) is 3.70. The van der Waals surface area contributed by atoms with E-state index in [-0.39, 0.29) is 6.61 Å². The van der Waals surface area contributed by atoms with Crippen molar-refractivity contribution in [3.63, 3.8) is 0 Å². The predicted octanol–water partition coefficient (Wildman–Crippen LogP) is 1.63. The van der Waals surface area contributed by atoms with Crippen molar-refractivity contribution >= 4 is 17.3 Å². The summed E-state index contributed by atoms with van der Waals surface area (Å²) >= 11 is 5.93. The van der Waals surface area contributed by atoms with E-state index in [9.17, 15) is 5.11 Å². The van der Waals surface area contributed by atoms with E-state index in [1.807, 2.05) is 6.07 Å². The standard InChI is InChI=1S/C11H13ClN2O2/c1-16-7-9(15)6-14-11-4-8(5-13)2-3-10(11)12/h2-4,9,14-15H,6-7H2,1H3. The Hall–Kier alpha value is -1.28. The minimum Gasteiger partial charge on any atom is -0.389 e. The van der Waals surface area contributed by atoms with Crippen LogP contribution in [0.15, 0.2) is 18.2 Å². The predicted molar refractivity (Wildman–Crippen MR) is 62.5 cm³/mol. The molecule has 0 aliphatic rings. The molecule has 0 spiro atoms. The summed E-state index contributed by atoms with van der Waals surface area (Å²) in [6, 6.07) is 6.94. The van der Waals surface area contributed by atoms with Crippen LogP contribution in [-0.4, -0.2) is 31.5 Å². The van der Waals surface area contributed by atoms with Crippen LogP contribution in [0.4, 0.5) is 5.69 Å². The summed E-state index contributed by atoms with van der Waals surface area (Å²) in [5.41, 5.74) is 1.16. The molecule has 5 heteroatoms. The molecular weight excluding hydrogens is 228 g/mol. The van der Waals surface area contributed by atoms with Gasteiger partial charge in [0.15, 0.2) is 0 Å². The van der Waals surface area contributed by atoms with Gasteiger partial charge < -0.3 is 15.2 Å². The highest BCUT2D eigenvalue weighted by molar-refractivity contribution is 6.33. The number of anilines is 1. The Labute approximate surface area is 99.4 Å². The summed E-state index contributed by atoms with van der Waals surface area (Å²) in [6.07, 6.45) is -0.605. The lowest BCUT2D eigenvalue weighted by atomic mass is 10.2. The van der Waals surface area contributed by atoms with E-state index in [0.29, 0.717) is 22.8 Å². The van der Waals surface area contributed by atoms with Gasteiger partial charge in [0, 0.05) is 13.7 Å². The third-order valence-electron chi connectivity index (χ3n) is 1.98.